The molecule has 1 aliphatic heterocycles. The average molecular weight is 242 g/mol. The van der Waals surface area contributed by atoms with Crippen LogP contribution in [0, 0.1) is 5.41 Å². The van der Waals surface area contributed by atoms with Gasteiger partial charge in [-0.3, -0.25) is 9.59 Å². The van der Waals surface area contributed by atoms with Crippen molar-refractivity contribution in [1.29, 1.82) is 0 Å². The van der Waals surface area contributed by atoms with E-state index in [1.54, 1.807) is 13.8 Å². The van der Waals surface area contributed by atoms with Crippen molar-refractivity contribution in [1.82, 2.24) is 10.6 Å². The number of hydrogen-bond donors (Lipinski definition) is 3. The lowest BCUT2D eigenvalue weighted by molar-refractivity contribution is -0.147. The van der Waals surface area contributed by atoms with Crippen molar-refractivity contribution in [2.45, 2.75) is 45.6 Å². The minimum absolute atomic E-state index is 0.0770. The fraction of sp³-hybridized carbons (Fsp3) is 0.833. The summed E-state index contributed by atoms with van der Waals surface area (Å²) in [7, 11) is 0. The Balaban J connectivity index is 2.57. The molecule has 1 heterocycles. The van der Waals surface area contributed by atoms with Crippen LogP contribution in [0.25, 0.3) is 0 Å². The molecular weight excluding hydrogens is 220 g/mol. The minimum Gasteiger partial charge on any atom is -0.481 e. The second kappa shape index (κ2) is 5.04. The van der Waals surface area contributed by atoms with E-state index in [1.165, 1.54) is 0 Å². The van der Waals surface area contributed by atoms with E-state index in [1.807, 2.05) is 6.92 Å². The normalized spacial score (nSPS) is 24.6. The Kier molecular flexibility index (Phi) is 4.14. The van der Waals surface area contributed by atoms with Crippen molar-refractivity contribution in [3.8, 4) is 0 Å². The number of nitrogens with one attached hydrogen (secondary N) is 2. The zero-order valence-electron chi connectivity index (χ0n) is 10.8. The lowest BCUT2D eigenvalue weighted by Gasteiger charge is -2.29. The number of carboxylic acids is 1. The van der Waals surface area contributed by atoms with Crippen LogP contribution < -0.4 is 10.6 Å². The van der Waals surface area contributed by atoms with Gasteiger partial charge in [0.2, 0.25) is 5.91 Å². The summed E-state index contributed by atoms with van der Waals surface area (Å²) in [6.07, 6.45) is 2.54. The molecule has 0 spiro atoms. The Morgan fingerprint density at radius 1 is 1.47 bits per heavy atom. The van der Waals surface area contributed by atoms with Crippen molar-refractivity contribution in [3.63, 3.8) is 0 Å². The summed E-state index contributed by atoms with van der Waals surface area (Å²) >= 11 is 0. The molecule has 1 rings (SSSR count). The van der Waals surface area contributed by atoms with Gasteiger partial charge in [0.1, 0.15) is 0 Å². The van der Waals surface area contributed by atoms with Crippen LogP contribution in [0.2, 0.25) is 0 Å². The molecule has 1 amide bonds. The van der Waals surface area contributed by atoms with Crippen LogP contribution in [0.5, 0.6) is 0 Å². The van der Waals surface area contributed by atoms with E-state index in [2.05, 4.69) is 10.6 Å². The Labute approximate surface area is 102 Å². The fourth-order valence-corrected chi connectivity index (χ4v) is 2.01. The Morgan fingerprint density at radius 3 is 2.53 bits per heavy atom. The highest BCUT2D eigenvalue weighted by atomic mass is 16.4. The topological polar surface area (TPSA) is 78.4 Å². The van der Waals surface area contributed by atoms with Gasteiger partial charge in [0.25, 0.3) is 0 Å². The first-order valence-electron chi connectivity index (χ1n) is 6.11. The number of rotatable bonds is 5. The molecule has 1 aliphatic rings. The quantitative estimate of drug-likeness (QED) is 0.664. The van der Waals surface area contributed by atoms with Gasteiger partial charge in [-0.25, -0.2) is 0 Å². The van der Waals surface area contributed by atoms with E-state index in [9.17, 15) is 9.59 Å². The lowest BCUT2D eigenvalue weighted by atomic mass is 9.90. The third kappa shape index (κ3) is 2.97. The summed E-state index contributed by atoms with van der Waals surface area (Å²) < 4.78 is 0. The summed E-state index contributed by atoms with van der Waals surface area (Å²) in [5.41, 5.74) is -1.42. The van der Waals surface area contributed by atoms with E-state index in [-0.39, 0.29) is 12.5 Å². The van der Waals surface area contributed by atoms with Gasteiger partial charge in [0.15, 0.2) is 0 Å². The largest absolute Gasteiger partial charge is 0.481 e. The zero-order chi connectivity index (χ0) is 13.1. The molecule has 3 N–H and O–H groups in total. The first-order chi connectivity index (χ1) is 7.84. The SMILES string of the molecule is CCC1(C(=O)NCC(C)(C)C(=O)O)CCCN1. The summed E-state index contributed by atoms with van der Waals surface area (Å²) in [6.45, 7) is 6.20. The molecule has 5 heteroatoms. The smallest absolute Gasteiger partial charge is 0.310 e. The molecule has 0 aromatic heterocycles. The van der Waals surface area contributed by atoms with Gasteiger partial charge in [0, 0.05) is 6.54 Å². The zero-order valence-corrected chi connectivity index (χ0v) is 10.8. The predicted octanol–water partition coefficient (Wildman–Crippen LogP) is 0.746. The molecule has 1 fully saturated rings. The van der Waals surface area contributed by atoms with E-state index >= 15 is 0 Å². The summed E-state index contributed by atoms with van der Waals surface area (Å²) in [5, 5.41) is 15.0. The van der Waals surface area contributed by atoms with E-state index < -0.39 is 16.9 Å². The van der Waals surface area contributed by atoms with Crippen LogP contribution in [0.15, 0.2) is 0 Å². The summed E-state index contributed by atoms with van der Waals surface area (Å²) in [4.78, 5) is 23.0. The third-order valence-electron chi connectivity index (χ3n) is 3.55. The molecule has 0 saturated carbocycles. The molecule has 0 aromatic rings. The highest BCUT2D eigenvalue weighted by Crippen LogP contribution is 2.23. The van der Waals surface area contributed by atoms with Crippen molar-refractivity contribution in [2.75, 3.05) is 13.1 Å². The highest BCUT2D eigenvalue weighted by molar-refractivity contribution is 5.87. The van der Waals surface area contributed by atoms with Gasteiger partial charge in [0.05, 0.1) is 11.0 Å². The Hall–Kier alpha value is -1.10. The van der Waals surface area contributed by atoms with Crippen molar-refractivity contribution >= 4 is 11.9 Å². The number of carboxylic acid groups (broad SMARTS) is 1. The molecule has 5 nitrogen and oxygen atoms in total. The molecule has 0 aliphatic carbocycles. The van der Waals surface area contributed by atoms with Crippen molar-refractivity contribution < 1.29 is 14.7 Å². The fourth-order valence-electron chi connectivity index (χ4n) is 2.01. The molecule has 0 radical (unpaired) electrons. The maximum absolute atomic E-state index is 12.1. The minimum atomic E-state index is -0.927. The number of carbonyl (C=O) groups is 2. The van der Waals surface area contributed by atoms with Gasteiger partial charge < -0.3 is 15.7 Å². The molecule has 0 aromatic carbocycles. The maximum Gasteiger partial charge on any atom is 0.310 e. The third-order valence-corrected chi connectivity index (χ3v) is 3.55. The van der Waals surface area contributed by atoms with E-state index in [0.29, 0.717) is 0 Å². The van der Waals surface area contributed by atoms with E-state index in [0.717, 1.165) is 25.8 Å². The molecular formula is C12H22N2O3. The van der Waals surface area contributed by atoms with Crippen molar-refractivity contribution in [3.05, 3.63) is 0 Å². The molecule has 98 valence electrons. The summed E-state index contributed by atoms with van der Waals surface area (Å²) in [5.74, 6) is -0.977. The van der Waals surface area contributed by atoms with Crippen LogP contribution in [0.3, 0.4) is 0 Å². The average Bonchev–Trinajstić information content (AvgIpc) is 2.75. The number of amides is 1. The highest BCUT2D eigenvalue weighted by Gasteiger charge is 2.40. The van der Waals surface area contributed by atoms with Gasteiger partial charge >= 0.3 is 5.97 Å². The van der Waals surface area contributed by atoms with Crippen LogP contribution in [-0.4, -0.2) is 35.6 Å². The number of carbonyl (C=O) groups excluding carboxylic acids is 1. The molecule has 1 atom stereocenters. The standard InChI is InChI=1S/C12H22N2O3/c1-4-12(6-5-7-14-12)9(15)13-8-11(2,3)10(16)17/h14H,4-8H2,1-3H3,(H,13,15)(H,16,17). The van der Waals surface area contributed by atoms with Crippen LogP contribution in [0.4, 0.5) is 0 Å². The lowest BCUT2D eigenvalue weighted by Crippen LogP contribution is -2.55. The van der Waals surface area contributed by atoms with Crippen LogP contribution in [-0.2, 0) is 9.59 Å². The monoisotopic (exact) mass is 242 g/mol. The van der Waals surface area contributed by atoms with Crippen LogP contribution >= 0.6 is 0 Å². The number of hydrogen-bond acceptors (Lipinski definition) is 3. The first kappa shape index (κ1) is 14.0. The number of aliphatic carboxylic acids is 1. The molecule has 1 unspecified atom stereocenters. The molecule has 1 saturated heterocycles. The van der Waals surface area contributed by atoms with Crippen molar-refractivity contribution in [2.24, 2.45) is 5.41 Å². The van der Waals surface area contributed by atoms with Crippen LogP contribution in [0.1, 0.15) is 40.0 Å². The Morgan fingerprint density at radius 2 is 2.12 bits per heavy atom. The van der Waals surface area contributed by atoms with Gasteiger partial charge in [-0.15, -0.1) is 0 Å². The maximum atomic E-state index is 12.1. The molecule has 0 bridgehead atoms. The summed E-state index contributed by atoms with van der Waals surface area (Å²) in [6, 6.07) is 0. The van der Waals surface area contributed by atoms with E-state index in [4.69, 9.17) is 5.11 Å². The van der Waals surface area contributed by atoms with Gasteiger partial charge in [-0.1, -0.05) is 6.92 Å². The second-order valence-corrected chi connectivity index (χ2v) is 5.34. The molecule has 17 heavy (non-hydrogen) atoms. The van der Waals surface area contributed by atoms with Gasteiger partial charge in [-0.2, -0.15) is 0 Å². The first-order valence-corrected chi connectivity index (χ1v) is 6.11. The van der Waals surface area contributed by atoms with Gasteiger partial charge in [-0.05, 0) is 39.7 Å². The Bertz CT molecular complexity index is 307. The second-order valence-electron chi connectivity index (χ2n) is 5.34. The predicted molar refractivity (Wildman–Crippen MR) is 64.7 cm³/mol.